The van der Waals surface area contributed by atoms with E-state index in [1.165, 1.54) is 16.9 Å². The fourth-order valence-electron chi connectivity index (χ4n) is 2.01. The number of anilines is 1. The van der Waals surface area contributed by atoms with Crippen LogP contribution in [-0.2, 0) is 0 Å². The zero-order valence-corrected chi connectivity index (χ0v) is 11.7. The Balaban J connectivity index is 2.05. The molecule has 21 heavy (non-hydrogen) atoms. The number of benzene rings is 2. The quantitative estimate of drug-likeness (QED) is 0.752. The Morgan fingerprint density at radius 1 is 1.10 bits per heavy atom. The molecule has 0 saturated heterocycles. The Hall–Kier alpha value is -2.63. The maximum absolute atomic E-state index is 13.0. The fourth-order valence-corrected chi connectivity index (χ4v) is 2.01. The highest BCUT2D eigenvalue weighted by Gasteiger charge is 2.10. The predicted molar refractivity (Wildman–Crippen MR) is 79.0 cm³/mol. The van der Waals surface area contributed by atoms with Crippen LogP contribution in [0.1, 0.15) is 13.8 Å². The van der Waals surface area contributed by atoms with Crippen LogP contribution in [0.25, 0.3) is 16.7 Å². The zero-order chi connectivity index (χ0) is 15.0. The lowest BCUT2D eigenvalue weighted by molar-refractivity contribution is 0.244. The first-order chi connectivity index (χ1) is 10.0. The van der Waals surface area contributed by atoms with Gasteiger partial charge in [0.1, 0.15) is 22.6 Å². The van der Waals surface area contributed by atoms with E-state index >= 15 is 0 Å². The number of aromatic nitrogens is 3. The van der Waals surface area contributed by atoms with Crippen LogP contribution in [-0.4, -0.2) is 21.1 Å². The van der Waals surface area contributed by atoms with E-state index in [9.17, 15) is 4.39 Å². The Labute approximate surface area is 121 Å². The molecule has 0 saturated carbocycles. The highest BCUT2D eigenvalue weighted by molar-refractivity contribution is 5.81. The van der Waals surface area contributed by atoms with Gasteiger partial charge in [0.15, 0.2) is 0 Å². The number of fused-ring (bicyclic) bond motifs is 1. The Bertz CT molecular complexity index is 780. The van der Waals surface area contributed by atoms with Crippen LogP contribution in [0, 0.1) is 5.82 Å². The summed E-state index contributed by atoms with van der Waals surface area (Å²) in [6.45, 7) is 3.86. The molecule has 5 nitrogen and oxygen atoms in total. The standard InChI is InChI=1S/C15H15FN4O/c1-9(2)21-15-8-14-13(7-12(15)17)18-20(19-14)11-5-3-10(16)4-6-11/h3-9H,17H2,1-2H3. The van der Waals surface area contributed by atoms with Crippen molar-refractivity contribution in [3.05, 3.63) is 42.2 Å². The third kappa shape index (κ3) is 2.65. The first-order valence-electron chi connectivity index (χ1n) is 6.62. The van der Waals surface area contributed by atoms with Gasteiger partial charge in [-0.1, -0.05) is 0 Å². The minimum absolute atomic E-state index is 0.0249. The van der Waals surface area contributed by atoms with E-state index in [1.54, 1.807) is 24.3 Å². The van der Waals surface area contributed by atoms with Gasteiger partial charge in [0, 0.05) is 6.07 Å². The van der Waals surface area contributed by atoms with Crippen LogP contribution >= 0.6 is 0 Å². The van der Waals surface area contributed by atoms with Crippen molar-refractivity contribution in [3.8, 4) is 11.4 Å². The van der Waals surface area contributed by atoms with E-state index in [2.05, 4.69) is 10.2 Å². The SMILES string of the molecule is CC(C)Oc1cc2nn(-c3ccc(F)cc3)nc2cc1N. The van der Waals surface area contributed by atoms with Crippen molar-refractivity contribution in [2.45, 2.75) is 20.0 Å². The molecule has 6 heteroatoms. The van der Waals surface area contributed by atoms with Crippen molar-refractivity contribution >= 4 is 16.7 Å². The molecule has 2 N–H and O–H groups in total. The van der Waals surface area contributed by atoms with E-state index < -0.39 is 0 Å². The van der Waals surface area contributed by atoms with Crippen LogP contribution < -0.4 is 10.5 Å². The number of halogens is 1. The van der Waals surface area contributed by atoms with Crippen molar-refractivity contribution in [1.82, 2.24) is 15.0 Å². The molecule has 0 fully saturated rings. The molecule has 0 aliphatic carbocycles. The van der Waals surface area contributed by atoms with E-state index in [1.807, 2.05) is 13.8 Å². The molecule has 0 radical (unpaired) electrons. The van der Waals surface area contributed by atoms with Crippen molar-refractivity contribution in [1.29, 1.82) is 0 Å². The largest absolute Gasteiger partial charge is 0.489 e. The number of hydrogen-bond acceptors (Lipinski definition) is 4. The summed E-state index contributed by atoms with van der Waals surface area (Å²) in [6.07, 6.45) is 0.0249. The molecule has 0 aliphatic heterocycles. The summed E-state index contributed by atoms with van der Waals surface area (Å²) in [5.41, 5.74) is 8.48. The second kappa shape index (κ2) is 5.05. The summed E-state index contributed by atoms with van der Waals surface area (Å²) in [7, 11) is 0. The third-order valence-electron chi connectivity index (χ3n) is 2.93. The highest BCUT2D eigenvalue weighted by Crippen LogP contribution is 2.27. The molecule has 0 atom stereocenters. The van der Waals surface area contributed by atoms with Crippen LogP contribution in [0.3, 0.4) is 0 Å². The first kappa shape index (κ1) is 13.4. The number of nitrogens with two attached hydrogens (primary N) is 1. The molecule has 2 aromatic carbocycles. The van der Waals surface area contributed by atoms with E-state index in [-0.39, 0.29) is 11.9 Å². The molecule has 3 rings (SSSR count). The molecule has 0 amide bonds. The summed E-state index contributed by atoms with van der Waals surface area (Å²) in [4.78, 5) is 1.45. The first-order valence-corrected chi connectivity index (χ1v) is 6.62. The van der Waals surface area contributed by atoms with Gasteiger partial charge in [-0.15, -0.1) is 10.2 Å². The summed E-state index contributed by atoms with van der Waals surface area (Å²) >= 11 is 0. The normalized spacial score (nSPS) is 11.2. The second-order valence-electron chi connectivity index (χ2n) is 5.01. The van der Waals surface area contributed by atoms with Crippen molar-refractivity contribution < 1.29 is 9.13 Å². The molecule has 1 aromatic heterocycles. The number of hydrogen-bond donors (Lipinski definition) is 1. The van der Waals surface area contributed by atoms with Gasteiger partial charge in [0.25, 0.3) is 0 Å². The fraction of sp³-hybridized carbons (Fsp3) is 0.200. The molecular weight excluding hydrogens is 271 g/mol. The van der Waals surface area contributed by atoms with Crippen molar-refractivity contribution in [2.24, 2.45) is 0 Å². The van der Waals surface area contributed by atoms with Gasteiger partial charge < -0.3 is 10.5 Å². The highest BCUT2D eigenvalue weighted by atomic mass is 19.1. The Morgan fingerprint density at radius 3 is 2.33 bits per heavy atom. The molecule has 0 aliphatic rings. The second-order valence-corrected chi connectivity index (χ2v) is 5.01. The van der Waals surface area contributed by atoms with Gasteiger partial charge in [-0.05, 0) is 44.2 Å². The lowest BCUT2D eigenvalue weighted by Crippen LogP contribution is -2.07. The van der Waals surface area contributed by atoms with Crippen LogP contribution in [0.4, 0.5) is 10.1 Å². The molecule has 108 valence electrons. The summed E-state index contributed by atoms with van der Waals surface area (Å²) in [5.74, 6) is 0.288. The Kier molecular flexibility index (Phi) is 3.21. The minimum atomic E-state index is -0.299. The molecule has 0 spiro atoms. The minimum Gasteiger partial charge on any atom is -0.489 e. The topological polar surface area (TPSA) is 66.0 Å². The maximum Gasteiger partial charge on any atom is 0.144 e. The number of rotatable bonds is 3. The van der Waals surface area contributed by atoms with Gasteiger partial charge in [-0.2, -0.15) is 4.80 Å². The molecule has 1 heterocycles. The number of nitrogens with zero attached hydrogens (tertiary/aromatic N) is 3. The van der Waals surface area contributed by atoms with Crippen molar-refractivity contribution in [3.63, 3.8) is 0 Å². The molecule has 0 bridgehead atoms. The average Bonchev–Trinajstić information content (AvgIpc) is 2.82. The average molecular weight is 286 g/mol. The predicted octanol–water partition coefficient (Wildman–Crippen LogP) is 2.93. The lowest BCUT2D eigenvalue weighted by atomic mass is 10.2. The monoisotopic (exact) mass is 286 g/mol. The summed E-state index contributed by atoms with van der Waals surface area (Å²) in [5, 5.41) is 8.71. The lowest BCUT2D eigenvalue weighted by Gasteiger charge is -2.11. The summed E-state index contributed by atoms with van der Waals surface area (Å²) < 4.78 is 18.6. The number of ether oxygens (including phenoxy) is 1. The van der Waals surface area contributed by atoms with Crippen LogP contribution in [0.2, 0.25) is 0 Å². The van der Waals surface area contributed by atoms with E-state index in [0.717, 1.165) is 0 Å². The van der Waals surface area contributed by atoms with E-state index in [0.29, 0.717) is 28.2 Å². The van der Waals surface area contributed by atoms with Crippen molar-refractivity contribution in [2.75, 3.05) is 5.73 Å². The van der Waals surface area contributed by atoms with Gasteiger partial charge >= 0.3 is 0 Å². The van der Waals surface area contributed by atoms with Gasteiger partial charge in [0.05, 0.1) is 17.5 Å². The smallest absolute Gasteiger partial charge is 0.144 e. The maximum atomic E-state index is 13.0. The third-order valence-corrected chi connectivity index (χ3v) is 2.93. The van der Waals surface area contributed by atoms with Gasteiger partial charge in [0.2, 0.25) is 0 Å². The summed E-state index contributed by atoms with van der Waals surface area (Å²) in [6, 6.07) is 9.44. The van der Waals surface area contributed by atoms with Crippen LogP contribution in [0.15, 0.2) is 36.4 Å². The van der Waals surface area contributed by atoms with Gasteiger partial charge in [-0.3, -0.25) is 0 Å². The van der Waals surface area contributed by atoms with E-state index in [4.69, 9.17) is 10.5 Å². The molecular formula is C15H15FN4O. The Morgan fingerprint density at radius 2 is 1.71 bits per heavy atom. The van der Waals surface area contributed by atoms with Gasteiger partial charge in [-0.25, -0.2) is 4.39 Å². The zero-order valence-electron chi connectivity index (χ0n) is 11.7. The number of nitrogen functional groups attached to an aromatic ring is 1. The molecule has 3 aromatic rings. The molecule has 0 unspecified atom stereocenters. The van der Waals surface area contributed by atoms with Crippen LogP contribution in [0.5, 0.6) is 5.75 Å².